The van der Waals surface area contributed by atoms with E-state index >= 15 is 0 Å². The van der Waals surface area contributed by atoms with E-state index in [1.807, 2.05) is 48.5 Å². The van der Waals surface area contributed by atoms with Gasteiger partial charge in [-0.2, -0.15) is 0 Å². The molecular formula is C56H40O4. The maximum absolute atomic E-state index is 5.93. The Bertz CT molecular complexity index is 2650. The van der Waals surface area contributed by atoms with Crippen LogP contribution >= 0.6 is 0 Å². The number of hydrogen-bond acceptors (Lipinski definition) is 4. The highest BCUT2D eigenvalue weighted by Crippen LogP contribution is 2.43. The van der Waals surface area contributed by atoms with Gasteiger partial charge in [0.25, 0.3) is 0 Å². The summed E-state index contributed by atoms with van der Waals surface area (Å²) < 4.78 is 23.7. The SMILES string of the molecule is COc1ccc2cc1-c1cc(ccc1OC)-c1cccc(c1)C#Cc1cccc(c1)-c1ccc(OC)c(c1)-c1cc(ccc1OC)-c1cccc(c1)C#Cc1cccc-2c1. The molecule has 0 aliphatic heterocycles. The van der Waals surface area contributed by atoms with Crippen LogP contribution in [0.3, 0.4) is 0 Å². The van der Waals surface area contributed by atoms with Gasteiger partial charge < -0.3 is 18.9 Å². The zero-order valence-electron chi connectivity index (χ0n) is 33.8. The fraction of sp³-hybridized carbons (Fsp3) is 0.0714. The van der Waals surface area contributed by atoms with E-state index in [4.69, 9.17) is 18.9 Å². The Hall–Kier alpha value is -7.92. The Balaban J connectivity index is 1.24. The predicted molar refractivity (Wildman–Crippen MR) is 244 cm³/mol. The fourth-order valence-electron chi connectivity index (χ4n) is 7.79. The van der Waals surface area contributed by atoms with Crippen LogP contribution in [0.25, 0.3) is 66.8 Å². The van der Waals surface area contributed by atoms with Crippen LogP contribution < -0.4 is 18.9 Å². The molecule has 0 saturated carbocycles. The third-order valence-corrected chi connectivity index (χ3v) is 10.9. The molecule has 16 bridgehead atoms. The molecule has 9 rings (SSSR count). The van der Waals surface area contributed by atoms with Crippen molar-refractivity contribution < 1.29 is 18.9 Å². The molecule has 0 radical (unpaired) electrons. The first-order chi connectivity index (χ1) is 29.5. The van der Waals surface area contributed by atoms with Crippen molar-refractivity contribution in [2.75, 3.05) is 28.4 Å². The summed E-state index contributed by atoms with van der Waals surface area (Å²) in [5.41, 5.74) is 15.7. The Kier molecular flexibility index (Phi) is 10.4. The number of hydrogen-bond donors (Lipinski definition) is 0. The number of ether oxygens (including phenoxy) is 4. The van der Waals surface area contributed by atoms with Gasteiger partial charge in [0.2, 0.25) is 0 Å². The average Bonchev–Trinajstić information content (AvgIpc) is 3.32. The molecule has 0 amide bonds. The molecule has 0 spiro atoms. The molecular weight excluding hydrogens is 737 g/mol. The van der Waals surface area contributed by atoms with Crippen LogP contribution in [0.5, 0.6) is 23.0 Å². The van der Waals surface area contributed by atoms with Gasteiger partial charge in [-0.15, -0.1) is 0 Å². The van der Waals surface area contributed by atoms with Crippen molar-refractivity contribution >= 4 is 0 Å². The monoisotopic (exact) mass is 776 g/mol. The average molecular weight is 777 g/mol. The summed E-state index contributed by atoms with van der Waals surface area (Å²) >= 11 is 0. The van der Waals surface area contributed by atoms with Crippen LogP contribution in [0, 0.1) is 23.7 Å². The maximum atomic E-state index is 5.93. The number of fused-ring (bicyclic) bond motifs is 22. The lowest BCUT2D eigenvalue weighted by molar-refractivity contribution is 0.410. The summed E-state index contributed by atoms with van der Waals surface area (Å²) in [7, 11) is 6.80. The summed E-state index contributed by atoms with van der Waals surface area (Å²) in [6, 6.07) is 58.4. The van der Waals surface area contributed by atoms with E-state index in [-0.39, 0.29) is 0 Å². The first-order valence-corrected chi connectivity index (χ1v) is 19.7. The van der Waals surface area contributed by atoms with Gasteiger partial charge in [-0.1, -0.05) is 96.5 Å². The molecule has 1 aliphatic carbocycles. The molecule has 0 fully saturated rings. The van der Waals surface area contributed by atoms with Crippen LogP contribution in [0.4, 0.5) is 0 Å². The molecule has 0 heterocycles. The number of benzene rings is 8. The van der Waals surface area contributed by atoms with Gasteiger partial charge in [0.05, 0.1) is 28.4 Å². The van der Waals surface area contributed by atoms with E-state index in [1.165, 1.54) is 0 Å². The summed E-state index contributed by atoms with van der Waals surface area (Å²) in [4.78, 5) is 0. The highest BCUT2D eigenvalue weighted by Gasteiger charge is 2.17. The molecule has 0 atom stereocenters. The predicted octanol–water partition coefficient (Wildman–Crippen LogP) is 12.8. The molecule has 8 aromatic carbocycles. The lowest BCUT2D eigenvalue weighted by atomic mass is 9.93. The lowest BCUT2D eigenvalue weighted by Crippen LogP contribution is -1.94. The van der Waals surface area contributed by atoms with Crippen molar-refractivity contribution in [3.63, 3.8) is 0 Å². The molecule has 0 aromatic heterocycles. The third kappa shape index (κ3) is 7.59. The van der Waals surface area contributed by atoms with E-state index in [0.29, 0.717) is 0 Å². The van der Waals surface area contributed by atoms with Gasteiger partial charge in [0, 0.05) is 44.5 Å². The van der Waals surface area contributed by atoms with Crippen molar-refractivity contribution in [3.05, 3.63) is 192 Å². The van der Waals surface area contributed by atoms with Gasteiger partial charge in [-0.25, -0.2) is 0 Å². The van der Waals surface area contributed by atoms with Crippen molar-refractivity contribution in [1.82, 2.24) is 0 Å². The van der Waals surface area contributed by atoms with Crippen LogP contribution in [0.15, 0.2) is 170 Å². The second kappa shape index (κ2) is 16.5. The third-order valence-electron chi connectivity index (χ3n) is 10.9. The van der Waals surface area contributed by atoms with Crippen LogP contribution in [-0.4, -0.2) is 28.4 Å². The molecule has 60 heavy (non-hydrogen) atoms. The first-order valence-electron chi connectivity index (χ1n) is 19.7. The number of rotatable bonds is 4. The topological polar surface area (TPSA) is 36.9 Å². The van der Waals surface area contributed by atoms with Crippen molar-refractivity contribution in [1.29, 1.82) is 0 Å². The zero-order chi connectivity index (χ0) is 41.0. The van der Waals surface area contributed by atoms with Crippen molar-refractivity contribution in [2.45, 2.75) is 0 Å². The van der Waals surface area contributed by atoms with Crippen molar-refractivity contribution in [3.8, 4) is 113 Å². The first kappa shape index (κ1) is 37.6. The molecule has 4 nitrogen and oxygen atoms in total. The Morgan fingerprint density at radius 3 is 0.683 bits per heavy atom. The molecule has 0 N–H and O–H groups in total. The molecule has 4 heteroatoms. The second-order valence-electron chi connectivity index (χ2n) is 14.5. The van der Waals surface area contributed by atoms with Crippen LogP contribution in [0.1, 0.15) is 22.3 Å². The minimum Gasteiger partial charge on any atom is -0.496 e. The van der Waals surface area contributed by atoms with Gasteiger partial charge in [0.1, 0.15) is 23.0 Å². The lowest BCUT2D eigenvalue weighted by Gasteiger charge is -2.16. The van der Waals surface area contributed by atoms with Gasteiger partial charge in [-0.05, 0) is 142 Å². The Labute approximate surface area is 351 Å². The smallest absolute Gasteiger partial charge is 0.126 e. The molecule has 0 unspecified atom stereocenters. The second-order valence-corrected chi connectivity index (χ2v) is 14.5. The largest absolute Gasteiger partial charge is 0.496 e. The molecule has 8 aromatic rings. The summed E-state index contributed by atoms with van der Waals surface area (Å²) in [5, 5.41) is 0. The van der Waals surface area contributed by atoms with E-state index in [0.717, 1.165) is 112 Å². The quantitative estimate of drug-likeness (QED) is 0.167. The molecule has 1 aliphatic rings. The normalized spacial score (nSPS) is 11.0. The van der Waals surface area contributed by atoms with E-state index in [9.17, 15) is 0 Å². The van der Waals surface area contributed by atoms with Gasteiger partial charge in [0.15, 0.2) is 0 Å². The minimum absolute atomic E-state index is 0.751. The van der Waals surface area contributed by atoms with Crippen LogP contribution in [-0.2, 0) is 0 Å². The fourth-order valence-corrected chi connectivity index (χ4v) is 7.79. The maximum Gasteiger partial charge on any atom is 0.126 e. The highest BCUT2D eigenvalue weighted by molar-refractivity contribution is 5.86. The minimum atomic E-state index is 0.751. The summed E-state index contributed by atoms with van der Waals surface area (Å²) in [6.45, 7) is 0. The Morgan fingerprint density at radius 2 is 0.467 bits per heavy atom. The summed E-state index contributed by atoms with van der Waals surface area (Å²) in [5.74, 6) is 16.7. The number of methoxy groups -OCH3 is 4. The van der Waals surface area contributed by atoms with Crippen molar-refractivity contribution in [2.24, 2.45) is 0 Å². The zero-order valence-corrected chi connectivity index (χ0v) is 33.8. The summed E-state index contributed by atoms with van der Waals surface area (Å²) in [6.07, 6.45) is 0. The highest BCUT2D eigenvalue weighted by atomic mass is 16.5. The molecule has 0 saturated heterocycles. The van der Waals surface area contributed by atoms with E-state index in [2.05, 4.69) is 145 Å². The van der Waals surface area contributed by atoms with E-state index < -0.39 is 0 Å². The standard InChI is InChI=1S/C56H40O4/c1-57-53-25-21-45-33-49(53)50-34-46(22-26-54(50)58-2)42-14-6-10-38(30-42)19-20-40-12-8-16-44(32-40)48-24-28-56(60-4)52(36-48)51-35-47(23-27-55(51)59-3)43-15-7-11-39(31-43)18-17-37-9-5-13-41(45)29-37/h5-16,21-36H,1-4H3. The van der Waals surface area contributed by atoms with Gasteiger partial charge in [-0.3, -0.25) is 0 Å². The van der Waals surface area contributed by atoms with Crippen LogP contribution in [0.2, 0.25) is 0 Å². The van der Waals surface area contributed by atoms with E-state index in [1.54, 1.807) is 28.4 Å². The Morgan fingerprint density at radius 1 is 0.250 bits per heavy atom. The molecule has 288 valence electrons. The van der Waals surface area contributed by atoms with Gasteiger partial charge >= 0.3 is 0 Å².